The summed E-state index contributed by atoms with van der Waals surface area (Å²) in [7, 11) is 0. The first kappa shape index (κ1) is 10.7. The topological polar surface area (TPSA) is 76.7 Å². The number of nitrogens with two attached hydrogens (primary N) is 1. The average molecular weight is 215 g/mol. The van der Waals surface area contributed by atoms with Crippen LogP contribution in [0.2, 0.25) is 0 Å². The second-order valence-electron chi connectivity index (χ2n) is 3.37. The van der Waals surface area contributed by atoms with E-state index in [1.165, 1.54) is 0 Å². The van der Waals surface area contributed by atoms with Crippen LogP contribution < -0.4 is 11.3 Å². The summed E-state index contributed by atoms with van der Waals surface area (Å²) in [6, 6.07) is 5.73. The quantitative estimate of drug-likeness (QED) is 0.577. The van der Waals surface area contributed by atoms with Gasteiger partial charge < -0.3 is 0 Å². The molecule has 0 aromatic carbocycles. The summed E-state index contributed by atoms with van der Waals surface area (Å²) in [6.07, 6.45) is 7.44. The molecule has 2 aromatic rings. The molecule has 5 nitrogen and oxygen atoms in total. The van der Waals surface area contributed by atoms with Crippen LogP contribution in [0.15, 0.2) is 43.0 Å². The van der Waals surface area contributed by atoms with Crippen molar-refractivity contribution in [2.24, 2.45) is 5.84 Å². The normalized spacial score (nSPS) is 12.3. The van der Waals surface area contributed by atoms with E-state index < -0.39 is 0 Å². The zero-order valence-electron chi connectivity index (χ0n) is 8.74. The molecule has 0 fully saturated rings. The van der Waals surface area contributed by atoms with Gasteiger partial charge in [-0.15, -0.1) is 0 Å². The number of hydrogen-bond acceptors (Lipinski definition) is 5. The first-order valence-corrected chi connectivity index (χ1v) is 5.02. The van der Waals surface area contributed by atoms with Crippen LogP contribution in [0.3, 0.4) is 0 Å². The first-order valence-electron chi connectivity index (χ1n) is 5.02. The van der Waals surface area contributed by atoms with Crippen molar-refractivity contribution in [1.82, 2.24) is 20.4 Å². The lowest BCUT2D eigenvalue weighted by Crippen LogP contribution is -2.30. The fourth-order valence-electron chi connectivity index (χ4n) is 1.47. The minimum atomic E-state index is -0.0661. The lowest BCUT2D eigenvalue weighted by molar-refractivity contribution is 0.530. The van der Waals surface area contributed by atoms with Crippen molar-refractivity contribution in [3.63, 3.8) is 0 Å². The van der Waals surface area contributed by atoms with Crippen LogP contribution in [-0.2, 0) is 6.42 Å². The maximum Gasteiger partial charge on any atom is 0.0773 e. The zero-order valence-corrected chi connectivity index (χ0v) is 8.74. The van der Waals surface area contributed by atoms with Gasteiger partial charge in [-0.05, 0) is 12.1 Å². The molecule has 82 valence electrons. The first-order chi connectivity index (χ1) is 7.90. The van der Waals surface area contributed by atoms with E-state index >= 15 is 0 Å². The van der Waals surface area contributed by atoms with E-state index in [2.05, 4.69) is 20.4 Å². The number of nitrogens with zero attached hydrogens (tertiary/aromatic N) is 3. The summed E-state index contributed by atoms with van der Waals surface area (Å²) in [5.74, 6) is 5.51. The van der Waals surface area contributed by atoms with Crippen molar-refractivity contribution < 1.29 is 0 Å². The van der Waals surface area contributed by atoms with Gasteiger partial charge in [0.1, 0.15) is 0 Å². The smallest absolute Gasteiger partial charge is 0.0773 e. The Balaban J connectivity index is 2.13. The highest BCUT2D eigenvalue weighted by Crippen LogP contribution is 2.12. The van der Waals surface area contributed by atoms with E-state index in [-0.39, 0.29) is 6.04 Å². The molecule has 16 heavy (non-hydrogen) atoms. The lowest BCUT2D eigenvalue weighted by Gasteiger charge is -2.13. The largest absolute Gasteiger partial charge is 0.271 e. The molecule has 1 atom stereocenters. The minimum absolute atomic E-state index is 0.0661. The van der Waals surface area contributed by atoms with E-state index in [1.54, 1.807) is 24.8 Å². The van der Waals surface area contributed by atoms with Gasteiger partial charge in [-0.3, -0.25) is 26.2 Å². The molecule has 0 saturated carbocycles. The van der Waals surface area contributed by atoms with Crippen LogP contribution in [0.5, 0.6) is 0 Å². The summed E-state index contributed by atoms with van der Waals surface area (Å²) in [6.45, 7) is 0. The molecule has 0 saturated heterocycles. The Morgan fingerprint density at radius 3 is 2.75 bits per heavy atom. The van der Waals surface area contributed by atoms with E-state index in [0.717, 1.165) is 11.4 Å². The molecule has 0 aliphatic heterocycles. The number of pyridine rings is 1. The molecule has 2 heterocycles. The molecule has 1 unspecified atom stereocenters. The summed E-state index contributed by atoms with van der Waals surface area (Å²) in [5.41, 5.74) is 4.51. The summed E-state index contributed by atoms with van der Waals surface area (Å²) >= 11 is 0. The van der Waals surface area contributed by atoms with Gasteiger partial charge in [-0.2, -0.15) is 0 Å². The Hall–Kier alpha value is -1.85. The predicted molar refractivity (Wildman–Crippen MR) is 60.0 cm³/mol. The molecule has 0 aliphatic rings. The molecule has 0 amide bonds. The SMILES string of the molecule is NNC(Cc1ccccn1)c1cnccn1. The minimum Gasteiger partial charge on any atom is -0.271 e. The number of nitrogens with one attached hydrogen (secondary N) is 1. The average Bonchev–Trinajstić information content (AvgIpc) is 2.38. The maximum atomic E-state index is 5.51. The summed E-state index contributed by atoms with van der Waals surface area (Å²) < 4.78 is 0. The van der Waals surface area contributed by atoms with Gasteiger partial charge >= 0.3 is 0 Å². The molecule has 3 N–H and O–H groups in total. The van der Waals surface area contributed by atoms with E-state index in [0.29, 0.717) is 6.42 Å². The fourth-order valence-corrected chi connectivity index (χ4v) is 1.47. The van der Waals surface area contributed by atoms with Crippen molar-refractivity contribution >= 4 is 0 Å². The molecule has 2 aromatic heterocycles. The van der Waals surface area contributed by atoms with Crippen molar-refractivity contribution in [1.29, 1.82) is 0 Å². The van der Waals surface area contributed by atoms with Crippen LogP contribution in [0.25, 0.3) is 0 Å². The number of rotatable bonds is 4. The van der Waals surface area contributed by atoms with E-state index in [9.17, 15) is 0 Å². The van der Waals surface area contributed by atoms with Crippen molar-refractivity contribution in [2.75, 3.05) is 0 Å². The fraction of sp³-hybridized carbons (Fsp3) is 0.182. The molecule has 0 radical (unpaired) electrons. The molecular weight excluding hydrogens is 202 g/mol. The van der Waals surface area contributed by atoms with Crippen LogP contribution >= 0.6 is 0 Å². The monoisotopic (exact) mass is 215 g/mol. The molecule has 0 aliphatic carbocycles. The third kappa shape index (κ3) is 2.59. The van der Waals surface area contributed by atoms with Crippen molar-refractivity contribution in [3.05, 3.63) is 54.4 Å². The molecule has 0 spiro atoms. The van der Waals surface area contributed by atoms with Gasteiger partial charge in [0.15, 0.2) is 0 Å². The standard InChI is InChI=1S/C11H13N5/c12-16-10(11-8-13-5-6-15-11)7-9-3-1-2-4-14-9/h1-6,8,10,16H,7,12H2. The Bertz CT molecular complexity index is 417. The molecule has 2 rings (SSSR count). The van der Waals surface area contributed by atoms with Gasteiger partial charge in [0.25, 0.3) is 0 Å². The van der Waals surface area contributed by atoms with Crippen LogP contribution in [-0.4, -0.2) is 15.0 Å². The van der Waals surface area contributed by atoms with Crippen LogP contribution in [0, 0.1) is 0 Å². The van der Waals surface area contributed by atoms with Crippen LogP contribution in [0.4, 0.5) is 0 Å². The number of hydrogen-bond donors (Lipinski definition) is 2. The van der Waals surface area contributed by atoms with Crippen molar-refractivity contribution in [2.45, 2.75) is 12.5 Å². The Labute approximate surface area is 93.7 Å². The number of hydrazine groups is 1. The summed E-state index contributed by atoms with van der Waals surface area (Å²) in [4.78, 5) is 12.5. The second kappa shape index (κ2) is 5.29. The lowest BCUT2D eigenvalue weighted by atomic mass is 10.1. The third-order valence-corrected chi connectivity index (χ3v) is 2.28. The van der Waals surface area contributed by atoms with Crippen molar-refractivity contribution in [3.8, 4) is 0 Å². The van der Waals surface area contributed by atoms with E-state index in [4.69, 9.17) is 5.84 Å². The van der Waals surface area contributed by atoms with Crippen LogP contribution in [0.1, 0.15) is 17.4 Å². The van der Waals surface area contributed by atoms with Gasteiger partial charge in [-0.1, -0.05) is 6.07 Å². The Morgan fingerprint density at radius 1 is 1.19 bits per heavy atom. The number of aromatic nitrogens is 3. The predicted octanol–water partition coefficient (Wildman–Crippen LogP) is 0.619. The maximum absolute atomic E-state index is 5.51. The highest BCUT2D eigenvalue weighted by atomic mass is 15.2. The zero-order chi connectivity index (χ0) is 11.2. The van der Waals surface area contributed by atoms with E-state index in [1.807, 2.05) is 18.2 Å². The molecular formula is C11H13N5. The Kier molecular flexibility index (Phi) is 3.53. The van der Waals surface area contributed by atoms with Gasteiger partial charge in [0.2, 0.25) is 0 Å². The Morgan fingerprint density at radius 2 is 2.12 bits per heavy atom. The van der Waals surface area contributed by atoms with Gasteiger partial charge in [0.05, 0.1) is 17.9 Å². The third-order valence-electron chi connectivity index (χ3n) is 2.28. The summed E-state index contributed by atoms with van der Waals surface area (Å²) in [5, 5.41) is 0. The second-order valence-corrected chi connectivity index (χ2v) is 3.37. The highest BCUT2D eigenvalue weighted by Gasteiger charge is 2.12. The van der Waals surface area contributed by atoms with Gasteiger partial charge in [-0.25, -0.2) is 0 Å². The molecule has 0 bridgehead atoms. The van der Waals surface area contributed by atoms with Gasteiger partial charge in [0, 0.05) is 30.7 Å². The highest BCUT2D eigenvalue weighted by molar-refractivity contribution is 5.10. The molecule has 5 heteroatoms.